The lowest BCUT2D eigenvalue weighted by Crippen LogP contribution is -2.28. The van der Waals surface area contributed by atoms with E-state index in [4.69, 9.17) is 9.05 Å². The van der Waals surface area contributed by atoms with E-state index in [1.54, 1.807) is 13.8 Å². The van der Waals surface area contributed by atoms with Gasteiger partial charge >= 0.3 is 7.60 Å². The van der Waals surface area contributed by atoms with Crippen LogP contribution in [0.3, 0.4) is 0 Å². The molecule has 0 unspecified atom stereocenters. The quantitative estimate of drug-likeness (QED) is 0.285. The molecule has 0 aliphatic rings. The summed E-state index contributed by atoms with van der Waals surface area (Å²) in [7, 11) is -3.32. The average molecular weight is 348 g/mol. The van der Waals surface area contributed by atoms with Gasteiger partial charge in [-0.25, -0.2) is 0 Å². The van der Waals surface area contributed by atoms with Crippen LogP contribution in [0.15, 0.2) is 12.7 Å². The summed E-state index contributed by atoms with van der Waals surface area (Å²) in [5.41, 5.74) is 0. The highest BCUT2D eigenvalue weighted by molar-refractivity contribution is 7.54. The Morgan fingerprint density at radius 1 is 1.00 bits per heavy atom. The van der Waals surface area contributed by atoms with E-state index in [1.807, 2.05) is 0 Å². The minimum absolute atomic E-state index is 0.162. The van der Waals surface area contributed by atoms with Crippen LogP contribution in [-0.4, -0.2) is 44.3 Å². The van der Waals surface area contributed by atoms with Gasteiger partial charge in [-0.1, -0.05) is 19.4 Å². The molecule has 0 radical (unpaired) electrons. The highest BCUT2D eigenvalue weighted by Crippen LogP contribution is 2.47. The van der Waals surface area contributed by atoms with Gasteiger partial charge < -0.3 is 19.7 Å². The highest BCUT2D eigenvalue weighted by Gasteiger charge is 2.27. The lowest BCUT2D eigenvalue weighted by Gasteiger charge is -2.16. The minimum atomic E-state index is -3.32. The normalized spacial score (nSPS) is 11.0. The van der Waals surface area contributed by atoms with Gasteiger partial charge in [0.25, 0.3) is 0 Å². The van der Waals surface area contributed by atoms with Crippen LogP contribution in [0, 0.1) is 0 Å². The van der Waals surface area contributed by atoms with Crippen molar-refractivity contribution in [3.8, 4) is 0 Å². The first-order chi connectivity index (χ1) is 11.0. The predicted octanol–water partition coefficient (Wildman–Crippen LogP) is 2.23. The second-order valence-corrected chi connectivity index (χ2v) is 6.92. The maximum absolute atomic E-state index is 12.2. The molecule has 7 nitrogen and oxygen atoms in total. The summed E-state index contributed by atoms with van der Waals surface area (Å²) in [6.07, 6.45) is 4.62. The third-order valence-electron chi connectivity index (χ3n) is 2.90. The number of hydrogen-bond donors (Lipinski definition) is 2. The molecule has 8 heteroatoms. The van der Waals surface area contributed by atoms with Gasteiger partial charge in [0, 0.05) is 13.1 Å². The Bertz CT molecular complexity index is 405. The molecule has 2 amide bonds. The van der Waals surface area contributed by atoms with Crippen molar-refractivity contribution in [1.82, 2.24) is 10.6 Å². The van der Waals surface area contributed by atoms with Crippen LogP contribution in [0.4, 0.5) is 0 Å². The van der Waals surface area contributed by atoms with Gasteiger partial charge in [-0.2, -0.15) is 0 Å². The van der Waals surface area contributed by atoms with Crippen molar-refractivity contribution in [3.05, 3.63) is 12.7 Å². The van der Waals surface area contributed by atoms with Gasteiger partial charge in [0.15, 0.2) is 0 Å². The van der Waals surface area contributed by atoms with Crippen LogP contribution in [-0.2, 0) is 23.2 Å². The zero-order valence-corrected chi connectivity index (χ0v) is 15.0. The fourth-order valence-corrected chi connectivity index (χ4v) is 3.38. The third kappa shape index (κ3) is 12.0. The molecule has 2 N–H and O–H groups in total. The first-order valence-electron chi connectivity index (χ1n) is 8.02. The number of carbonyl (C=O) groups is 2. The number of nitrogens with one attached hydrogen (secondary N) is 2. The largest absolute Gasteiger partial charge is 0.356 e. The molecule has 134 valence electrons. The SMILES string of the molecule is C=CC(=O)NCCCCCCNC(=O)CP(=O)(OCC)OCC. The molecular weight excluding hydrogens is 319 g/mol. The molecule has 0 bridgehead atoms. The van der Waals surface area contributed by atoms with Crippen molar-refractivity contribution in [1.29, 1.82) is 0 Å². The Morgan fingerprint density at radius 2 is 1.52 bits per heavy atom. The second-order valence-electron chi connectivity index (χ2n) is 4.86. The van der Waals surface area contributed by atoms with Crippen LogP contribution in [0.2, 0.25) is 0 Å². The van der Waals surface area contributed by atoms with E-state index < -0.39 is 7.60 Å². The van der Waals surface area contributed by atoms with Crippen LogP contribution < -0.4 is 10.6 Å². The molecular formula is C15H29N2O5P. The Balaban J connectivity index is 3.72. The van der Waals surface area contributed by atoms with Gasteiger partial charge in [0.2, 0.25) is 11.8 Å². The molecule has 0 aromatic heterocycles. The molecule has 0 atom stereocenters. The predicted molar refractivity (Wildman–Crippen MR) is 90.4 cm³/mol. The summed E-state index contributed by atoms with van der Waals surface area (Å²) in [6.45, 7) is 8.43. The van der Waals surface area contributed by atoms with Gasteiger partial charge in [-0.05, 0) is 32.8 Å². The molecule has 0 spiro atoms. The Labute approximate surface area is 138 Å². The first kappa shape index (κ1) is 21.8. The zero-order valence-electron chi connectivity index (χ0n) is 14.1. The molecule has 0 saturated carbocycles. The van der Waals surface area contributed by atoms with Crippen molar-refractivity contribution in [2.24, 2.45) is 0 Å². The van der Waals surface area contributed by atoms with E-state index in [9.17, 15) is 14.2 Å². The summed E-state index contributed by atoms with van der Waals surface area (Å²) in [5, 5.41) is 5.42. The number of hydrogen-bond acceptors (Lipinski definition) is 5. The molecule has 0 aliphatic carbocycles. The van der Waals surface area contributed by atoms with Crippen molar-refractivity contribution in [3.63, 3.8) is 0 Å². The first-order valence-corrected chi connectivity index (χ1v) is 9.75. The molecule has 23 heavy (non-hydrogen) atoms. The fraction of sp³-hybridized carbons (Fsp3) is 0.733. The van der Waals surface area contributed by atoms with Gasteiger partial charge in [-0.3, -0.25) is 14.2 Å². The Morgan fingerprint density at radius 3 is 2.00 bits per heavy atom. The van der Waals surface area contributed by atoms with Gasteiger partial charge in [-0.15, -0.1) is 0 Å². The van der Waals surface area contributed by atoms with E-state index in [-0.39, 0.29) is 31.2 Å². The van der Waals surface area contributed by atoms with Crippen molar-refractivity contribution in [2.75, 3.05) is 32.5 Å². The van der Waals surface area contributed by atoms with Crippen LogP contribution in [0.25, 0.3) is 0 Å². The number of amides is 2. The second kappa shape index (κ2) is 13.3. The summed E-state index contributed by atoms with van der Waals surface area (Å²) < 4.78 is 22.3. The smallest absolute Gasteiger partial charge is 0.340 e. The summed E-state index contributed by atoms with van der Waals surface area (Å²) in [5.74, 6) is -0.487. The van der Waals surface area contributed by atoms with Gasteiger partial charge in [0.05, 0.1) is 13.2 Å². The number of carbonyl (C=O) groups excluding carboxylic acids is 2. The summed E-state index contributed by atoms with van der Waals surface area (Å²) >= 11 is 0. The van der Waals surface area contributed by atoms with E-state index in [1.165, 1.54) is 6.08 Å². The molecule has 0 aliphatic heterocycles. The number of unbranched alkanes of at least 4 members (excludes halogenated alkanes) is 3. The zero-order chi connectivity index (χ0) is 17.6. The Hall–Kier alpha value is -1.17. The Kier molecular flexibility index (Phi) is 12.6. The van der Waals surface area contributed by atoms with Crippen molar-refractivity contribution in [2.45, 2.75) is 39.5 Å². The summed E-state index contributed by atoms with van der Waals surface area (Å²) in [6, 6.07) is 0. The standard InChI is InChI=1S/C15H29N2O5P/c1-4-14(18)16-11-9-7-8-10-12-17-15(19)13-23(20,21-5-2)22-6-3/h4H,1,5-13H2,2-3H3,(H,16,18)(H,17,19). The van der Waals surface area contributed by atoms with Crippen LogP contribution in [0.5, 0.6) is 0 Å². The maximum atomic E-state index is 12.2. The lowest BCUT2D eigenvalue weighted by molar-refractivity contribution is -0.119. The highest BCUT2D eigenvalue weighted by atomic mass is 31.2. The fourth-order valence-electron chi connectivity index (χ4n) is 1.87. The van der Waals surface area contributed by atoms with E-state index in [2.05, 4.69) is 17.2 Å². The molecule has 0 aromatic carbocycles. The maximum Gasteiger partial charge on any atom is 0.340 e. The van der Waals surface area contributed by atoms with Crippen LogP contribution in [0.1, 0.15) is 39.5 Å². The van der Waals surface area contributed by atoms with Crippen molar-refractivity contribution < 1.29 is 23.2 Å². The van der Waals surface area contributed by atoms with Gasteiger partial charge in [0.1, 0.15) is 6.16 Å². The molecule has 0 rings (SSSR count). The monoisotopic (exact) mass is 348 g/mol. The molecule has 0 aromatic rings. The van der Waals surface area contributed by atoms with Crippen LogP contribution >= 0.6 is 7.60 Å². The molecule has 0 saturated heterocycles. The number of rotatable bonds is 14. The van der Waals surface area contributed by atoms with E-state index in [0.717, 1.165) is 25.7 Å². The third-order valence-corrected chi connectivity index (χ3v) is 4.88. The molecule has 0 heterocycles. The van der Waals surface area contributed by atoms with E-state index >= 15 is 0 Å². The molecule has 0 fully saturated rings. The average Bonchev–Trinajstić information content (AvgIpc) is 2.49. The lowest BCUT2D eigenvalue weighted by atomic mass is 10.2. The topological polar surface area (TPSA) is 93.7 Å². The van der Waals surface area contributed by atoms with Crippen molar-refractivity contribution >= 4 is 19.4 Å². The summed E-state index contributed by atoms with van der Waals surface area (Å²) in [4.78, 5) is 22.7. The minimum Gasteiger partial charge on any atom is -0.356 e. The van der Waals surface area contributed by atoms with E-state index in [0.29, 0.717) is 13.1 Å².